The third-order valence-electron chi connectivity index (χ3n) is 2.51. The van der Waals surface area contributed by atoms with Crippen molar-refractivity contribution >= 4 is 7.37 Å². The van der Waals surface area contributed by atoms with Crippen LogP contribution in [0.2, 0.25) is 0 Å². The fourth-order valence-electron chi connectivity index (χ4n) is 1.66. The number of hydrogen-bond donors (Lipinski definition) is 2. The number of aliphatic hydroxyl groups excluding tert-OH is 1. The summed E-state index contributed by atoms with van der Waals surface area (Å²) < 4.78 is 35.3. The Hall–Kier alpha value is -0.230. The van der Waals surface area contributed by atoms with Crippen LogP contribution in [0.3, 0.4) is 0 Å². The molecule has 0 saturated carbocycles. The minimum atomic E-state index is -4.00. The van der Waals surface area contributed by atoms with Crippen molar-refractivity contribution in [2.45, 2.75) is 38.3 Å². The summed E-state index contributed by atoms with van der Waals surface area (Å²) in [6.07, 6.45) is -1.17. The van der Waals surface area contributed by atoms with Gasteiger partial charge in [-0.2, -0.15) is 0 Å². The van der Waals surface area contributed by atoms with Crippen LogP contribution in [-0.2, 0) is 18.8 Å². The molecular formula is C11H21O6P. The zero-order chi connectivity index (χ0) is 14.6. The topological polar surface area (TPSA) is 85.2 Å². The fraction of sp³-hybridized carbons (Fsp3) is 0.818. The Morgan fingerprint density at radius 2 is 2.33 bits per heavy atom. The van der Waals surface area contributed by atoms with Crippen molar-refractivity contribution in [1.29, 1.82) is 0 Å². The first-order valence-corrected chi connectivity index (χ1v) is 7.57. The van der Waals surface area contributed by atoms with Crippen LogP contribution < -0.4 is 0 Å². The van der Waals surface area contributed by atoms with Crippen molar-refractivity contribution in [3.63, 3.8) is 0 Å². The summed E-state index contributed by atoms with van der Waals surface area (Å²) in [7, 11) is -2.47. The summed E-state index contributed by atoms with van der Waals surface area (Å²) in [4.78, 5) is 9.37. The van der Waals surface area contributed by atoms with Gasteiger partial charge in [0.05, 0.1) is 14.1 Å². The lowest BCUT2D eigenvalue weighted by Crippen LogP contribution is -2.35. The molecule has 1 unspecified atom stereocenters. The molecule has 1 aliphatic rings. The predicted octanol–water partition coefficient (Wildman–Crippen LogP) is 0.928. The van der Waals surface area contributed by atoms with Gasteiger partial charge in [-0.15, -0.1) is 0 Å². The third kappa shape index (κ3) is 4.46. The fourth-order valence-corrected chi connectivity index (χ4v) is 2.12. The average Bonchev–Trinajstić information content (AvgIpc) is 2.71. The maximum absolute atomic E-state index is 11.5. The largest absolute Gasteiger partial charge is 0.386 e. The van der Waals surface area contributed by atoms with Crippen LogP contribution in [0, 0.1) is 0 Å². The first-order valence-electron chi connectivity index (χ1n) is 6.23. The Morgan fingerprint density at radius 3 is 2.83 bits per heavy atom. The first kappa shape index (κ1) is 14.2. The molecule has 0 aromatic heterocycles. The van der Waals surface area contributed by atoms with E-state index in [1.165, 1.54) is 13.2 Å². The standard InChI is InChI=1S/C11H21O6P/c1-8(2)17-11-9(16-6-10(11)15-3)4-5-18(13,14)7-12/h4-5,8-12H,6-7H2,1-3H3,(H,13,14)/b5-4+/t9-,10+,11-/m1/s1/i5D. The van der Waals surface area contributed by atoms with Gasteiger partial charge < -0.3 is 24.2 Å². The minimum absolute atomic E-state index is 0.0618. The van der Waals surface area contributed by atoms with Crippen molar-refractivity contribution < 1.29 is 30.1 Å². The van der Waals surface area contributed by atoms with Gasteiger partial charge in [-0.05, 0) is 19.9 Å². The molecule has 0 amide bonds. The van der Waals surface area contributed by atoms with Gasteiger partial charge in [-0.25, -0.2) is 0 Å². The van der Waals surface area contributed by atoms with Gasteiger partial charge in [-0.1, -0.05) is 0 Å². The summed E-state index contributed by atoms with van der Waals surface area (Å²) in [5, 5.41) is 8.78. The van der Waals surface area contributed by atoms with Gasteiger partial charge in [0.15, 0.2) is 0 Å². The molecule has 0 aromatic rings. The van der Waals surface area contributed by atoms with Crippen molar-refractivity contribution in [1.82, 2.24) is 0 Å². The van der Waals surface area contributed by atoms with E-state index in [1.54, 1.807) is 0 Å². The summed E-state index contributed by atoms with van der Waals surface area (Å²) in [6, 6.07) is 0. The van der Waals surface area contributed by atoms with Crippen LogP contribution in [0.25, 0.3) is 0 Å². The molecule has 18 heavy (non-hydrogen) atoms. The lowest BCUT2D eigenvalue weighted by molar-refractivity contribution is -0.0659. The van der Waals surface area contributed by atoms with E-state index in [9.17, 15) is 9.46 Å². The Labute approximate surface area is 108 Å². The van der Waals surface area contributed by atoms with Crippen LogP contribution in [-0.4, -0.2) is 54.5 Å². The molecular weight excluding hydrogens is 259 g/mol. The van der Waals surface area contributed by atoms with Crippen LogP contribution in [0.15, 0.2) is 11.9 Å². The number of methoxy groups -OCH3 is 1. The summed E-state index contributed by atoms with van der Waals surface area (Å²) in [6.45, 7) is 4.01. The summed E-state index contributed by atoms with van der Waals surface area (Å²) in [5.74, 6) is -0.533. The van der Waals surface area contributed by atoms with E-state index < -0.39 is 31.7 Å². The predicted molar refractivity (Wildman–Crippen MR) is 66.6 cm³/mol. The average molecular weight is 281 g/mol. The Kier molecular flexibility index (Phi) is 5.36. The molecule has 0 aromatic carbocycles. The normalized spacial score (nSPS) is 33.6. The molecule has 1 saturated heterocycles. The second-order valence-electron chi connectivity index (χ2n) is 4.36. The highest BCUT2D eigenvalue weighted by molar-refractivity contribution is 7.61. The van der Waals surface area contributed by atoms with Gasteiger partial charge in [0, 0.05) is 12.9 Å². The highest BCUT2D eigenvalue weighted by atomic mass is 31.2. The summed E-state index contributed by atoms with van der Waals surface area (Å²) in [5.41, 5.74) is 0. The van der Waals surface area contributed by atoms with Crippen LogP contribution >= 0.6 is 7.37 Å². The summed E-state index contributed by atoms with van der Waals surface area (Å²) >= 11 is 0. The molecule has 0 radical (unpaired) electrons. The Balaban J connectivity index is 2.86. The van der Waals surface area contributed by atoms with Gasteiger partial charge in [0.1, 0.15) is 24.7 Å². The molecule has 106 valence electrons. The van der Waals surface area contributed by atoms with E-state index >= 15 is 0 Å². The SMILES string of the molecule is [2H]/C(=C\[C@H]1OC[C@H](OC)[C@@H]1OC(C)C)P(=O)(O)CO. The monoisotopic (exact) mass is 281 g/mol. The molecule has 1 heterocycles. The van der Waals surface area contributed by atoms with Gasteiger partial charge in [0.25, 0.3) is 0 Å². The van der Waals surface area contributed by atoms with Crippen molar-refractivity contribution in [3.05, 3.63) is 11.9 Å². The van der Waals surface area contributed by atoms with Crippen molar-refractivity contribution in [3.8, 4) is 0 Å². The van der Waals surface area contributed by atoms with Crippen LogP contribution in [0.5, 0.6) is 0 Å². The smallest absolute Gasteiger partial charge is 0.246 e. The maximum Gasteiger partial charge on any atom is 0.246 e. The number of rotatable bonds is 6. The zero-order valence-electron chi connectivity index (χ0n) is 11.8. The lowest BCUT2D eigenvalue weighted by Gasteiger charge is -2.23. The van der Waals surface area contributed by atoms with Crippen LogP contribution in [0.1, 0.15) is 15.2 Å². The van der Waals surface area contributed by atoms with Gasteiger partial charge in [-0.3, -0.25) is 4.57 Å². The van der Waals surface area contributed by atoms with E-state index in [-0.39, 0.29) is 18.8 Å². The van der Waals surface area contributed by atoms with E-state index in [0.717, 1.165) is 0 Å². The minimum Gasteiger partial charge on any atom is -0.386 e. The molecule has 1 fully saturated rings. The third-order valence-corrected chi connectivity index (χ3v) is 3.44. The molecule has 1 aliphatic heterocycles. The molecule has 2 N–H and O–H groups in total. The molecule has 1 rings (SSSR count). The quantitative estimate of drug-likeness (QED) is 0.704. The highest BCUT2D eigenvalue weighted by Crippen LogP contribution is 2.41. The molecule has 4 atom stereocenters. The number of ether oxygens (including phenoxy) is 3. The molecule has 0 aliphatic carbocycles. The number of aliphatic hydroxyl groups is 1. The highest BCUT2D eigenvalue weighted by Gasteiger charge is 2.37. The molecule has 0 bridgehead atoms. The van der Waals surface area contributed by atoms with Crippen molar-refractivity contribution in [2.24, 2.45) is 0 Å². The molecule has 7 heteroatoms. The maximum atomic E-state index is 11.5. The second-order valence-corrected chi connectivity index (χ2v) is 6.30. The Morgan fingerprint density at radius 1 is 1.67 bits per heavy atom. The lowest BCUT2D eigenvalue weighted by atomic mass is 10.1. The van der Waals surface area contributed by atoms with Gasteiger partial charge >= 0.3 is 0 Å². The molecule has 0 spiro atoms. The molecule has 6 nitrogen and oxygen atoms in total. The van der Waals surface area contributed by atoms with Crippen LogP contribution in [0.4, 0.5) is 0 Å². The van der Waals surface area contributed by atoms with E-state index in [4.69, 9.17) is 20.7 Å². The second kappa shape index (κ2) is 6.80. The number of hydrogen-bond acceptors (Lipinski definition) is 5. The Bertz CT molecular complexity index is 372. The van der Waals surface area contributed by atoms with Gasteiger partial charge in [0.2, 0.25) is 7.37 Å². The van der Waals surface area contributed by atoms with E-state index in [0.29, 0.717) is 0 Å². The zero-order valence-corrected chi connectivity index (χ0v) is 11.7. The van der Waals surface area contributed by atoms with Crippen molar-refractivity contribution in [2.75, 3.05) is 20.1 Å². The first-order chi connectivity index (χ1) is 8.81. The van der Waals surface area contributed by atoms with E-state index in [2.05, 4.69) is 0 Å². The van der Waals surface area contributed by atoms with E-state index in [1.807, 2.05) is 13.8 Å².